The van der Waals surface area contributed by atoms with Gasteiger partial charge in [-0.2, -0.15) is 4.39 Å². The Balaban J connectivity index is 1.88. The van der Waals surface area contributed by atoms with Gasteiger partial charge in [0.1, 0.15) is 0 Å². The van der Waals surface area contributed by atoms with Crippen molar-refractivity contribution in [2.24, 2.45) is 5.92 Å². The largest absolute Gasteiger partial charge is 0.352 e. The van der Waals surface area contributed by atoms with Crippen LogP contribution in [0.5, 0.6) is 0 Å². The Bertz CT molecular complexity index is 410. The number of rotatable bonds is 3. The van der Waals surface area contributed by atoms with Crippen molar-refractivity contribution in [3.05, 3.63) is 29.8 Å². The molecule has 5 heteroatoms. The lowest BCUT2D eigenvalue weighted by atomic mass is 10.1. The van der Waals surface area contributed by atoms with E-state index in [1.807, 2.05) is 0 Å². The van der Waals surface area contributed by atoms with Crippen LogP contribution in [0.15, 0.2) is 18.3 Å². The molecule has 0 bridgehead atoms. The van der Waals surface area contributed by atoms with E-state index < -0.39 is 5.95 Å². The van der Waals surface area contributed by atoms with Crippen LogP contribution in [-0.2, 0) is 0 Å². The van der Waals surface area contributed by atoms with Gasteiger partial charge in [0.25, 0.3) is 5.91 Å². The molecule has 17 heavy (non-hydrogen) atoms. The molecule has 2 rings (SSSR count). The molecule has 0 spiro atoms. The van der Waals surface area contributed by atoms with Gasteiger partial charge in [-0.1, -0.05) is 0 Å². The average molecular weight is 237 g/mol. The predicted molar refractivity (Wildman–Crippen MR) is 62.1 cm³/mol. The van der Waals surface area contributed by atoms with Crippen molar-refractivity contribution in [3.63, 3.8) is 0 Å². The number of likely N-dealkylation sites (tertiary alicyclic amines) is 1. The van der Waals surface area contributed by atoms with Crippen molar-refractivity contribution in [3.8, 4) is 0 Å². The van der Waals surface area contributed by atoms with E-state index in [0.717, 1.165) is 19.5 Å². The van der Waals surface area contributed by atoms with E-state index in [1.165, 1.54) is 12.3 Å². The van der Waals surface area contributed by atoms with Gasteiger partial charge in [0.2, 0.25) is 5.95 Å². The summed E-state index contributed by atoms with van der Waals surface area (Å²) in [6, 6.07) is 3.00. The average Bonchev–Trinajstić information content (AvgIpc) is 2.73. The van der Waals surface area contributed by atoms with Gasteiger partial charge in [-0.05, 0) is 38.1 Å². The standard InChI is InChI=1S/C12H16FN3O/c1-16-6-4-9(8-16)7-15-12(17)10-3-2-5-14-11(10)13/h2-3,5,9H,4,6-8H2,1H3,(H,15,17). The number of nitrogens with zero attached hydrogens (tertiary/aromatic N) is 2. The minimum Gasteiger partial charge on any atom is -0.352 e. The van der Waals surface area contributed by atoms with E-state index >= 15 is 0 Å². The van der Waals surface area contributed by atoms with Crippen LogP contribution < -0.4 is 5.32 Å². The molecular formula is C12H16FN3O. The van der Waals surface area contributed by atoms with Crippen LogP contribution in [0.2, 0.25) is 0 Å². The zero-order valence-corrected chi connectivity index (χ0v) is 9.82. The van der Waals surface area contributed by atoms with Gasteiger partial charge < -0.3 is 10.2 Å². The maximum Gasteiger partial charge on any atom is 0.255 e. The molecule has 1 amide bonds. The molecule has 1 unspecified atom stereocenters. The van der Waals surface area contributed by atoms with Crippen molar-refractivity contribution in [2.45, 2.75) is 6.42 Å². The lowest BCUT2D eigenvalue weighted by Crippen LogP contribution is -2.31. The summed E-state index contributed by atoms with van der Waals surface area (Å²) in [5.74, 6) is -0.637. The normalized spacial score (nSPS) is 20.5. The molecule has 0 saturated carbocycles. The number of carbonyl (C=O) groups excluding carboxylic acids is 1. The van der Waals surface area contributed by atoms with Crippen LogP contribution in [-0.4, -0.2) is 42.5 Å². The van der Waals surface area contributed by atoms with Gasteiger partial charge in [0.15, 0.2) is 0 Å². The minimum absolute atomic E-state index is 0.0128. The molecule has 1 aromatic rings. The van der Waals surface area contributed by atoms with E-state index in [0.29, 0.717) is 12.5 Å². The Kier molecular flexibility index (Phi) is 3.68. The first kappa shape index (κ1) is 12.0. The third-order valence-corrected chi connectivity index (χ3v) is 3.04. The van der Waals surface area contributed by atoms with Crippen LogP contribution in [0.25, 0.3) is 0 Å². The second kappa shape index (κ2) is 5.23. The molecule has 1 atom stereocenters. The maximum absolute atomic E-state index is 13.2. The van der Waals surface area contributed by atoms with Crippen LogP contribution in [0.3, 0.4) is 0 Å². The summed E-state index contributed by atoms with van der Waals surface area (Å²) >= 11 is 0. The molecule has 92 valence electrons. The van der Waals surface area contributed by atoms with Crippen molar-refractivity contribution in [1.82, 2.24) is 15.2 Å². The molecule has 1 aromatic heterocycles. The van der Waals surface area contributed by atoms with E-state index in [2.05, 4.69) is 22.2 Å². The second-order valence-electron chi connectivity index (χ2n) is 4.47. The van der Waals surface area contributed by atoms with Crippen LogP contribution in [0.4, 0.5) is 4.39 Å². The number of amides is 1. The fourth-order valence-electron chi connectivity index (χ4n) is 2.08. The first-order chi connectivity index (χ1) is 8.16. The van der Waals surface area contributed by atoms with Gasteiger partial charge in [0, 0.05) is 19.3 Å². The van der Waals surface area contributed by atoms with Gasteiger partial charge >= 0.3 is 0 Å². The molecule has 1 aliphatic heterocycles. The zero-order chi connectivity index (χ0) is 12.3. The molecule has 1 aliphatic rings. The quantitative estimate of drug-likeness (QED) is 0.794. The van der Waals surface area contributed by atoms with Crippen molar-refractivity contribution >= 4 is 5.91 Å². The number of pyridine rings is 1. The molecule has 0 aliphatic carbocycles. The number of halogens is 1. The SMILES string of the molecule is CN1CCC(CNC(=O)c2cccnc2F)C1. The Morgan fingerprint density at radius 3 is 3.18 bits per heavy atom. The van der Waals surface area contributed by atoms with Crippen LogP contribution in [0, 0.1) is 11.9 Å². The molecule has 0 aromatic carbocycles. The zero-order valence-electron chi connectivity index (χ0n) is 9.82. The summed E-state index contributed by atoms with van der Waals surface area (Å²) < 4.78 is 13.2. The number of carbonyl (C=O) groups is 1. The van der Waals surface area contributed by atoms with Crippen LogP contribution in [0.1, 0.15) is 16.8 Å². The highest BCUT2D eigenvalue weighted by atomic mass is 19.1. The topological polar surface area (TPSA) is 45.2 Å². The summed E-state index contributed by atoms with van der Waals surface area (Å²) in [6.07, 6.45) is 2.41. The maximum atomic E-state index is 13.2. The highest BCUT2D eigenvalue weighted by molar-refractivity contribution is 5.94. The van der Waals surface area contributed by atoms with Gasteiger partial charge in [-0.25, -0.2) is 4.98 Å². The van der Waals surface area contributed by atoms with Crippen LogP contribution >= 0.6 is 0 Å². The first-order valence-electron chi connectivity index (χ1n) is 5.74. The summed E-state index contributed by atoms with van der Waals surface area (Å²) in [7, 11) is 2.06. The predicted octanol–water partition coefficient (Wildman–Crippen LogP) is 0.902. The fourth-order valence-corrected chi connectivity index (χ4v) is 2.08. The van der Waals surface area contributed by atoms with Crippen molar-refractivity contribution in [1.29, 1.82) is 0 Å². The Labute approximate surface area is 99.8 Å². The molecular weight excluding hydrogens is 221 g/mol. The van der Waals surface area contributed by atoms with Gasteiger partial charge in [0.05, 0.1) is 5.56 Å². The Morgan fingerprint density at radius 2 is 2.53 bits per heavy atom. The Hall–Kier alpha value is -1.49. The van der Waals surface area contributed by atoms with Gasteiger partial charge in [-0.15, -0.1) is 0 Å². The summed E-state index contributed by atoms with van der Waals surface area (Å²) in [4.78, 5) is 17.4. The fraction of sp³-hybridized carbons (Fsp3) is 0.500. The number of hydrogen-bond donors (Lipinski definition) is 1. The van der Waals surface area contributed by atoms with Crippen molar-refractivity contribution < 1.29 is 9.18 Å². The highest BCUT2D eigenvalue weighted by Gasteiger charge is 2.20. The first-order valence-corrected chi connectivity index (χ1v) is 5.74. The lowest BCUT2D eigenvalue weighted by molar-refractivity contribution is 0.0942. The third-order valence-electron chi connectivity index (χ3n) is 3.04. The number of aromatic nitrogens is 1. The molecule has 1 saturated heterocycles. The lowest BCUT2D eigenvalue weighted by Gasteiger charge is -2.11. The minimum atomic E-state index is -0.714. The highest BCUT2D eigenvalue weighted by Crippen LogP contribution is 2.13. The van der Waals surface area contributed by atoms with Crippen molar-refractivity contribution in [2.75, 3.05) is 26.7 Å². The van der Waals surface area contributed by atoms with E-state index in [-0.39, 0.29) is 11.5 Å². The van der Waals surface area contributed by atoms with E-state index in [9.17, 15) is 9.18 Å². The molecule has 1 fully saturated rings. The smallest absolute Gasteiger partial charge is 0.255 e. The van der Waals surface area contributed by atoms with E-state index in [4.69, 9.17) is 0 Å². The number of nitrogens with one attached hydrogen (secondary N) is 1. The summed E-state index contributed by atoms with van der Waals surface area (Å²) in [6.45, 7) is 2.63. The second-order valence-corrected chi connectivity index (χ2v) is 4.47. The molecule has 0 radical (unpaired) electrons. The summed E-state index contributed by atoms with van der Waals surface area (Å²) in [5.41, 5.74) is 0.0128. The molecule has 1 N–H and O–H groups in total. The Morgan fingerprint density at radius 1 is 1.71 bits per heavy atom. The van der Waals surface area contributed by atoms with Gasteiger partial charge in [-0.3, -0.25) is 4.79 Å². The molecule has 2 heterocycles. The number of hydrogen-bond acceptors (Lipinski definition) is 3. The van der Waals surface area contributed by atoms with E-state index in [1.54, 1.807) is 6.07 Å². The third kappa shape index (κ3) is 3.00. The monoisotopic (exact) mass is 237 g/mol. The summed E-state index contributed by atoms with van der Waals surface area (Å²) in [5, 5.41) is 2.76. The molecule has 4 nitrogen and oxygen atoms in total.